The van der Waals surface area contributed by atoms with Crippen molar-refractivity contribution in [1.29, 1.82) is 0 Å². The third kappa shape index (κ3) is 4.78. The standard InChI is InChI=1S/C17H28N4O2/c1-23-16-5-8-18-17(20-16)19-14-4-2-3-13(11-14)12-21-9-6-15(22)7-10-21/h5,8,13-15,22H,2-4,6-7,9-12H2,1H3,(H,18,19,20)/t13-,14+/m1/s1. The van der Waals surface area contributed by atoms with Gasteiger partial charge in [0.15, 0.2) is 0 Å². The summed E-state index contributed by atoms with van der Waals surface area (Å²) >= 11 is 0. The zero-order chi connectivity index (χ0) is 16.1. The molecule has 1 aromatic rings. The average molecular weight is 320 g/mol. The van der Waals surface area contributed by atoms with Gasteiger partial charge in [-0.3, -0.25) is 0 Å². The summed E-state index contributed by atoms with van der Waals surface area (Å²) in [6.07, 6.45) is 8.39. The van der Waals surface area contributed by atoms with Crippen molar-refractivity contribution in [2.75, 3.05) is 32.1 Å². The molecule has 1 saturated heterocycles. The zero-order valence-corrected chi connectivity index (χ0v) is 13.9. The molecule has 0 aromatic carbocycles. The fourth-order valence-corrected chi connectivity index (χ4v) is 3.76. The van der Waals surface area contributed by atoms with E-state index < -0.39 is 0 Å². The van der Waals surface area contributed by atoms with Crippen LogP contribution in [-0.2, 0) is 0 Å². The van der Waals surface area contributed by atoms with E-state index in [1.165, 1.54) is 25.7 Å². The number of aliphatic hydroxyl groups excluding tert-OH is 1. The number of nitrogens with one attached hydrogen (secondary N) is 1. The Morgan fingerprint density at radius 3 is 2.91 bits per heavy atom. The molecule has 0 radical (unpaired) electrons. The molecule has 2 N–H and O–H groups in total. The van der Waals surface area contributed by atoms with E-state index in [4.69, 9.17) is 4.74 Å². The second kappa shape index (κ2) is 7.93. The minimum Gasteiger partial charge on any atom is -0.481 e. The van der Waals surface area contributed by atoms with Gasteiger partial charge in [0.1, 0.15) is 0 Å². The van der Waals surface area contributed by atoms with Gasteiger partial charge in [0.2, 0.25) is 11.8 Å². The van der Waals surface area contributed by atoms with E-state index in [2.05, 4.69) is 20.2 Å². The minimum atomic E-state index is -0.0859. The van der Waals surface area contributed by atoms with Crippen LogP contribution in [0.25, 0.3) is 0 Å². The Morgan fingerprint density at radius 1 is 1.30 bits per heavy atom. The normalized spacial score (nSPS) is 26.9. The molecule has 2 aliphatic rings. The molecular formula is C17H28N4O2. The van der Waals surface area contributed by atoms with E-state index in [0.717, 1.165) is 38.4 Å². The maximum absolute atomic E-state index is 9.62. The molecule has 1 saturated carbocycles. The number of aromatic nitrogens is 2. The van der Waals surface area contributed by atoms with Gasteiger partial charge in [0.25, 0.3) is 0 Å². The monoisotopic (exact) mass is 320 g/mol. The van der Waals surface area contributed by atoms with Gasteiger partial charge in [-0.2, -0.15) is 4.98 Å². The van der Waals surface area contributed by atoms with Crippen molar-refractivity contribution in [2.45, 2.75) is 50.7 Å². The summed E-state index contributed by atoms with van der Waals surface area (Å²) < 4.78 is 5.16. The molecule has 23 heavy (non-hydrogen) atoms. The van der Waals surface area contributed by atoms with Crippen LogP contribution in [0.2, 0.25) is 0 Å². The molecule has 0 spiro atoms. The van der Waals surface area contributed by atoms with Crippen molar-refractivity contribution in [2.24, 2.45) is 5.92 Å². The Kier molecular flexibility index (Phi) is 5.67. The molecule has 2 fully saturated rings. The lowest BCUT2D eigenvalue weighted by Crippen LogP contribution is -2.41. The summed E-state index contributed by atoms with van der Waals surface area (Å²) in [6.45, 7) is 3.23. The highest BCUT2D eigenvalue weighted by atomic mass is 16.5. The Labute approximate surface area is 138 Å². The molecule has 2 atom stereocenters. The highest BCUT2D eigenvalue weighted by Crippen LogP contribution is 2.28. The number of methoxy groups -OCH3 is 1. The second-order valence-electron chi connectivity index (χ2n) is 6.83. The lowest BCUT2D eigenvalue weighted by atomic mass is 9.85. The number of hydrogen-bond donors (Lipinski definition) is 2. The molecular weight excluding hydrogens is 292 g/mol. The Balaban J connectivity index is 1.49. The number of piperidine rings is 1. The zero-order valence-electron chi connectivity index (χ0n) is 13.9. The molecule has 2 heterocycles. The number of aliphatic hydroxyl groups is 1. The van der Waals surface area contributed by atoms with Crippen molar-refractivity contribution in [3.63, 3.8) is 0 Å². The Bertz CT molecular complexity index is 491. The van der Waals surface area contributed by atoms with Gasteiger partial charge in [-0.1, -0.05) is 6.42 Å². The number of ether oxygens (including phenoxy) is 1. The predicted molar refractivity (Wildman–Crippen MR) is 89.6 cm³/mol. The number of likely N-dealkylation sites (tertiary alicyclic amines) is 1. The summed E-state index contributed by atoms with van der Waals surface area (Å²) in [5, 5.41) is 13.1. The van der Waals surface area contributed by atoms with E-state index in [1.54, 1.807) is 19.4 Å². The van der Waals surface area contributed by atoms with Gasteiger partial charge >= 0.3 is 0 Å². The van der Waals surface area contributed by atoms with Crippen LogP contribution >= 0.6 is 0 Å². The first-order chi connectivity index (χ1) is 11.2. The largest absolute Gasteiger partial charge is 0.481 e. The van der Waals surface area contributed by atoms with Crippen LogP contribution in [0.15, 0.2) is 12.3 Å². The van der Waals surface area contributed by atoms with Crippen molar-refractivity contribution >= 4 is 5.95 Å². The minimum absolute atomic E-state index is 0.0859. The molecule has 0 unspecified atom stereocenters. The lowest BCUT2D eigenvalue weighted by molar-refractivity contribution is 0.0704. The summed E-state index contributed by atoms with van der Waals surface area (Å²) in [5.41, 5.74) is 0. The van der Waals surface area contributed by atoms with Gasteiger partial charge in [-0.15, -0.1) is 0 Å². The van der Waals surface area contributed by atoms with Crippen molar-refractivity contribution in [3.8, 4) is 5.88 Å². The van der Waals surface area contributed by atoms with Crippen LogP contribution in [0.4, 0.5) is 5.95 Å². The predicted octanol–water partition coefficient (Wildman–Crippen LogP) is 1.91. The molecule has 128 valence electrons. The number of hydrogen-bond acceptors (Lipinski definition) is 6. The molecule has 3 rings (SSSR count). The molecule has 6 heteroatoms. The maximum Gasteiger partial charge on any atom is 0.226 e. The summed E-state index contributed by atoms with van der Waals surface area (Å²) in [5.74, 6) is 1.99. The second-order valence-corrected chi connectivity index (χ2v) is 6.83. The molecule has 0 amide bonds. The fraction of sp³-hybridized carbons (Fsp3) is 0.765. The summed E-state index contributed by atoms with van der Waals surface area (Å²) in [7, 11) is 1.62. The summed E-state index contributed by atoms with van der Waals surface area (Å²) in [6, 6.07) is 2.20. The highest BCUT2D eigenvalue weighted by molar-refractivity contribution is 5.29. The van der Waals surface area contributed by atoms with E-state index in [0.29, 0.717) is 17.9 Å². The third-order valence-electron chi connectivity index (χ3n) is 5.03. The smallest absolute Gasteiger partial charge is 0.226 e. The third-order valence-corrected chi connectivity index (χ3v) is 5.03. The highest BCUT2D eigenvalue weighted by Gasteiger charge is 2.26. The van der Waals surface area contributed by atoms with Crippen molar-refractivity contribution in [3.05, 3.63) is 12.3 Å². The van der Waals surface area contributed by atoms with Crippen molar-refractivity contribution in [1.82, 2.24) is 14.9 Å². The SMILES string of the molecule is COc1ccnc(N[C@H]2CCC[C@@H](CN3CCC(O)CC3)C2)n1. The number of rotatable bonds is 5. The van der Waals surface area contributed by atoms with Gasteiger partial charge < -0.3 is 20.1 Å². The van der Waals surface area contributed by atoms with Gasteiger partial charge in [0.05, 0.1) is 13.2 Å². The van der Waals surface area contributed by atoms with E-state index in [-0.39, 0.29) is 6.10 Å². The first-order valence-electron chi connectivity index (χ1n) is 8.77. The molecule has 1 aliphatic heterocycles. The average Bonchev–Trinajstić information content (AvgIpc) is 2.57. The van der Waals surface area contributed by atoms with Crippen LogP contribution in [0, 0.1) is 5.92 Å². The lowest BCUT2D eigenvalue weighted by Gasteiger charge is -2.36. The number of anilines is 1. The van der Waals surface area contributed by atoms with Gasteiger partial charge in [-0.25, -0.2) is 4.98 Å². The van der Waals surface area contributed by atoms with Crippen LogP contribution in [0.1, 0.15) is 38.5 Å². The van der Waals surface area contributed by atoms with Crippen LogP contribution < -0.4 is 10.1 Å². The summed E-state index contributed by atoms with van der Waals surface area (Å²) in [4.78, 5) is 11.2. The fourth-order valence-electron chi connectivity index (χ4n) is 3.76. The quantitative estimate of drug-likeness (QED) is 0.864. The first-order valence-corrected chi connectivity index (χ1v) is 8.77. The van der Waals surface area contributed by atoms with Crippen LogP contribution in [0.3, 0.4) is 0 Å². The Hall–Kier alpha value is -1.40. The molecule has 1 aromatic heterocycles. The van der Waals surface area contributed by atoms with Gasteiger partial charge in [0, 0.05) is 37.9 Å². The molecule has 6 nitrogen and oxygen atoms in total. The van der Waals surface area contributed by atoms with Gasteiger partial charge in [-0.05, 0) is 38.0 Å². The maximum atomic E-state index is 9.62. The van der Waals surface area contributed by atoms with E-state index in [9.17, 15) is 5.11 Å². The van der Waals surface area contributed by atoms with Crippen molar-refractivity contribution < 1.29 is 9.84 Å². The topological polar surface area (TPSA) is 70.5 Å². The molecule has 1 aliphatic carbocycles. The van der Waals surface area contributed by atoms with E-state index >= 15 is 0 Å². The first kappa shape index (κ1) is 16.5. The van der Waals surface area contributed by atoms with E-state index in [1.807, 2.05) is 0 Å². The van der Waals surface area contributed by atoms with Crippen LogP contribution in [-0.4, -0.2) is 58.9 Å². The molecule has 0 bridgehead atoms. The Morgan fingerprint density at radius 2 is 2.13 bits per heavy atom. The van der Waals surface area contributed by atoms with Crippen LogP contribution in [0.5, 0.6) is 5.88 Å². The number of nitrogens with zero attached hydrogens (tertiary/aromatic N) is 3.